The molecule has 23 nitrogen and oxygen atoms in total. The van der Waals surface area contributed by atoms with Gasteiger partial charge in [-0.2, -0.15) is 0 Å². The van der Waals surface area contributed by atoms with Gasteiger partial charge in [0.1, 0.15) is 47.9 Å². The highest BCUT2D eigenvalue weighted by molar-refractivity contribution is 5.97. The summed E-state index contributed by atoms with van der Waals surface area (Å²) in [4.78, 5) is 143. The number of aliphatic carboxylic acids is 1. The maximum Gasteiger partial charge on any atom is 0.350 e. The number of hydrogen-bond acceptors (Lipinski definition) is 21. The van der Waals surface area contributed by atoms with Crippen LogP contribution in [0.3, 0.4) is 0 Å². The monoisotopic (exact) mass is 1320 g/mol. The first-order valence-corrected chi connectivity index (χ1v) is 32.7. The van der Waals surface area contributed by atoms with Gasteiger partial charge in [-0.25, -0.2) is 9.59 Å². The number of aliphatic hydroxyl groups is 2. The molecule has 2 bridgehead atoms. The number of carbonyl (C=O) groups excluding carboxylic acids is 9. The lowest BCUT2D eigenvalue weighted by Crippen LogP contribution is -2.82. The zero-order valence-corrected chi connectivity index (χ0v) is 54.5. The van der Waals surface area contributed by atoms with E-state index in [-0.39, 0.29) is 57.8 Å². The van der Waals surface area contributed by atoms with Gasteiger partial charge in [0, 0.05) is 49.0 Å². The lowest BCUT2D eigenvalue weighted by molar-refractivity contribution is -0.346. The number of aryl methyl sites for hydroxylation is 1. The molecule has 5 N–H and O–H groups in total. The van der Waals surface area contributed by atoms with Crippen LogP contribution >= 0.6 is 0 Å². The molecule has 1 aliphatic heterocycles. The number of phenolic OH excluding ortho intramolecular Hbond substituents is 1. The van der Waals surface area contributed by atoms with Crippen molar-refractivity contribution in [3.8, 4) is 5.75 Å². The first-order valence-electron chi connectivity index (χ1n) is 32.7. The highest BCUT2D eigenvalue weighted by atomic mass is 16.6. The molecule has 1 heterocycles. The zero-order valence-electron chi connectivity index (χ0n) is 54.5. The van der Waals surface area contributed by atoms with E-state index >= 15 is 9.59 Å². The van der Waals surface area contributed by atoms with E-state index in [1.54, 1.807) is 78.9 Å². The number of aromatic hydroxyl groups is 1. The van der Waals surface area contributed by atoms with Crippen molar-refractivity contribution in [1.29, 1.82) is 0 Å². The molecular formula is C73H81NO22. The summed E-state index contributed by atoms with van der Waals surface area (Å²) in [5, 5.41) is 48.7. The standard InChI is InChI=1S/C73H81NO22/c1-38-49(36-73(88)65(95-67(86)43-21-15-10-16-22-43)63-71(7,64(84)61(90-39(2)75)59(38)69(73,4)5)52(93-56(82)30-29-54(79)80)34-53-72(63,37-89-53)96-40(3)76)92-68(87)62(60(41-17-11-8-12-18-41)74-66(85)42-19-13-9-14-20-42)94-57(83)32-31-55(81)91-50-35-70(6)48(27-28-51(70)78)47-25-23-44-33-45(77)24-26-46(44)58(47)50/h8-22,24,26,33,47-53,58,60-63,65,77-78,88H,23,25,27-32,34-37H2,1-7H3,(H,74,85)(H,79,80)/t47-,48-,49-,50+,51-,52-,53+,58+,60-,61+,62+,63-,65-,70-,71+,72-,73+/m0/s1. The van der Waals surface area contributed by atoms with Crippen LogP contribution in [0, 0.1) is 34.0 Å². The normalized spacial score (nSPS) is 31.9. The molecule has 96 heavy (non-hydrogen) atoms. The maximum atomic E-state index is 16.5. The Labute approximate surface area is 554 Å². The van der Waals surface area contributed by atoms with Crippen LogP contribution in [0.1, 0.15) is 162 Å². The average molecular weight is 1320 g/mol. The second-order valence-electron chi connectivity index (χ2n) is 27.7. The number of carboxylic acid groups (broad SMARTS) is 1. The number of phenols is 1. The van der Waals surface area contributed by atoms with Crippen LogP contribution < -0.4 is 5.32 Å². The fourth-order valence-electron chi connectivity index (χ4n) is 17.2. The van der Waals surface area contributed by atoms with Crippen molar-refractivity contribution in [3.05, 3.63) is 148 Å². The molecule has 7 aliphatic rings. The lowest BCUT2D eigenvalue weighted by Gasteiger charge is -2.67. The van der Waals surface area contributed by atoms with Crippen LogP contribution in [0.4, 0.5) is 0 Å². The molecule has 1 saturated heterocycles. The summed E-state index contributed by atoms with van der Waals surface area (Å²) in [6.07, 6.45) is -12.9. The number of carbonyl (C=O) groups is 10. The Hall–Kier alpha value is -8.80. The lowest BCUT2D eigenvalue weighted by atomic mass is 9.44. The van der Waals surface area contributed by atoms with Gasteiger partial charge in [0.2, 0.25) is 6.10 Å². The number of rotatable bonds is 19. The number of benzene rings is 4. The van der Waals surface area contributed by atoms with E-state index in [1.165, 1.54) is 52.0 Å². The number of carboxylic acids is 1. The van der Waals surface area contributed by atoms with Crippen LogP contribution in [-0.2, 0) is 82.7 Å². The molecule has 6 aliphatic carbocycles. The molecule has 17 atom stereocenters. The topological polar surface area (TPSA) is 337 Å². The Bertz CT molecular complexity index is 3760. The van der Waals surface area contributed by atoms with Crippen LogP contribution in [-0.4, -0.2) is 147 Å². The molecule has 1 amide bonds. The number of Topliss-reactive ketones (excluding diaryl/α,β-unsaturated/α-hetero) is 1. The van der Waals surface area contributed by atoms with Gasteiger partial charge in [0.15, 0.2) is 17.5 Å². The molecule has 510 valence electrons. The number of nitrogens with one attached hydrogen (secondary N) is 1. The Morgan fingerprint density at radius 1 is 0.719 bits per heavy atom. The predicted molar refractivity (Wildman–Crippen MR) is 336 cm³/mol. The average Bonchev–Trinajstić information content (AvgIpc) is 0.761. The Morgan fingerprint density at radius 2 is 1.35 bits per heavy atom. The minimum Gasteiger partial charge on any atom is -0.508 e. The smallest absolute Gasteiger partial charge is 0.350 e. The van der Waals surface area contributed by atoms with E-state index in [0.29, 0.717) is 19.3 Å². The Morgan fingerprint density at radius 3 is 1.99 bits per heavy atom. The fraction of sp³-hybridized carbons (Fsp3) is 0.507. The number of fused-ring (bicyclic) bond motifs is 10. The minimum atomic E-state index is -2.66. The van der Waals surface area contributed by atoms with Crippen molar-refractivity contribution < 1.29 is 106 Å². The molecule has 0 radical (unpaired) electrons. The molecule has 0 unspecified atom stereocenters. The third kappa shape index (κ3) is 12.5. The molecule has 4 aromatic rings. The minimum absolute atomic E-state index is 0.00299. The highest BCUT2D eigenvalue weighted by Gasteiger charge is 2.79. The largest absolute Gasteiger partial charge is 0.508 e. The highest BCUT2D eigenvalue weighted by Crippen LogP contribution is 2.66. The molecular weight excluding hydrogens is 1240 g/mol. The van der Waals surface area contributed by atoms with E-state index in [2.05, 4.69) is 5.32 Å². The first-order chi connectivity index (χ1) is 45.5. The van der Waals surface area contributed by atoms with Gasteiger partial charge in [-0.1, -0.05) is 93.6 Å². The summed E-state index contributed by atoms with van der Waals surface area (Å²) in [5.74, 6) is -12.2. The van der Waals surface area contributed by atoms with E-state index in [0.717, 1.165) is 37.8 Å². The fourth-order valence-corrected chi connectivity index (χ4v) is 17.2. The number of aliphatic hydroxyl groups excluding tert-OH is 1. The molecule has 5 fully saturated rings. The number of ketones is 1. The van der Waals surface area contributed by atoms with Crippen molar-refractivity contribution in [1.82, 2.24) is 5.32 Å². The quantitative estimate of drug-likeness (QED) is 0.0342. The van der Waals surface area contributed by atoms with Gasteiger partial charge in [0.05, 0.1) is 55.3 Å². The second-order valence-corrected chi connectivity index (χ2v) is 27.7. The van der Waals surface area contributed by atoms with Gasteiger partial charge in [-0.05, 0) is 122 Å². The third-order valence-corrected chi connectivity index (χ3v) is 21.9. The zero-order chi connectivity index (χ0) is 69.0. The van der Waals surface area contributed by atoms with E-state index in [9.17, 15) is 58.8 Å². The van der Waals surface area contributed by atoms with Crippen LogP contribution in [0.25, 0.3) is 0 Å². The van der Waals surface area contributed by atoms with Gasteiger partial charge >= 0.3 is 47.8 Å². The van der Waals surface area contributed by atoms with Crippen molar-refractivity contribution in [2.24, 2.45) is 34.0 Å². The molecule has 0 aromatic heterocycles. The van der Waals surface area contributed by atoms with Crippen molar-refractivity contribution in [3.63, 3.8) is 0 Å². The van der Waals surface area contributed by atoms with Gasteiger partial charge in [0.25, 0.3) is 5.91 Å². The Balaban J connectivity index is 0.989. The number of hydrogen-bond donors (Lipinski definition) is 5. The van der Waals surface area contributed by atoms with Crippen LogP contribution in [0.15, 0.2) is 120 Å². The van der Waals surface area contributed by atoms with Gasteiger partial charge < -0.3 is 63.6 Å². The van der Waals surface area contributed by atoms with Gasteiger partial charge in [-0.3, -0.25) is 38.4 Å². The molecule has 23 heteroatoms. The Kier molecular flexibility index (Phi) is 19.0. The third-order valence-electron chi connectivity index (χ3n) is 21.9. The molecule has 0 spiro atoms. The number of esters is 7. The van der Waals surface area contributed by atoms with Gasteiger partial charge in [-0.15, -0.1) is 0 Å². The van der Waals surface area contributed by atoms with Crippen molar-refractivity contribution in [2.75, 3.05) is 6.61 Å². The molecule has 11 rings (SSSR count). The first kappa shape index (κ1) is 68.6. The van der Waals surface area contributed by atoms with Crippen molar-refractivity contribution in [2.45, 2.75) is 191 Å². The summed E-state index contributed by atoms with van der Waals surface area (Å²) < 4.78 is 50.1. The number of ether oxygens (including phenoxy) is 8. The predicted octanol–water partition coefficient (Wildman–Crippen LogP) is 7.63. The summed E-state index contributed by atoms with van der Waals surface area (Å²) >= 11 is 0. The molecule has 4 aromatic carbocycles. The van der Waals surface area contributed by atoms with Crippen LogP contribution in [0.2, 0.25) is 0 Å². The summed E-state index contributed by atoms with van der Waals surface area (Å²) in [6, 6.07) is 27.1. The maximum absolute atomic E-state index is 16.5. The van der Waals surface area contributed by atoms with Crippen LogP contribution in [0.5, 0.6) is 5.75 Å². The van der Waals surface area contributed by atoms with E-state index in [1.807, 2.05) is 13.0 Å². The summed E-state index contributed by atoms with van der Waals surface area (Å²) in [7, 11) is 0. The second kappa shape index (κ2) is 26.7. The van der Waals surface area contributed by atoms with Crippen molar-refractivity contribution >= 4 is 59.4 Å². The van der Waals surface area contributed by atoms with E-state index < -0.39 is 186 Å². The summed E-state index contributed by atoms with van der Waals surface area (Å²) in [5.41, 5.74) is -7.46. The van der Waals surface area contributed by atoms with E-state index in [4.69, 9.17) is 37.9 Å². The number of amides is 1. The SMILES string of the molecule is CC(=O)O[C@H]1C(=O)[C@]2(C)[C@@H](OC(=O)CCC(=O)O)C[C@H]3OC[C@@]3(OC(C)=O)[C@H]2[C@H](OC(=O)c2ccccc2)[C@]2(O)C[C@H](OC(=O)[C@H](OC(=O)CCC(=O)O[C@@H]3C[C@]4(C)[C@@H](O)CC[C@H]4[C@@H]4CCc5cc(O)ccc5[C@H]43)[C@@H](NC(=O)c3ccccc3)c3ccccc3)C(C)=C1C2(C)C. The molecule has 4 saturated carbocycles. The summed E-state index contributed by atoms with van der Waals surface area (Å²) in [6.45, 7) is 9.39.